The van der Waals surface area contributed by atoms with E-state index >= 15 is 0 Å². The second-order valence-corrected chi connectivity index (χ2v) is 5.50. The summed E-state index contributed by atoms with van der Waals surface area (Å²) in [6.45, 7) is 2.19. The Hall–Kier alpha value is -2.06. The van der Waals surface area contributed by atoms with Gasteiger partial charge in [-0.2, -0.15) is 0 Å². The maximum absolute atomic E-state index is 13.3. The monoisotopic (exact) mass is 327 g/mol. The van der Waals surface area contributed by atoms with Crippen LogP contribution < -0.4 is 16.0 Å². The van der Waals surface area contributed by atoms with Crippen molar-refractivity contribution in [2.75, 3.05) is 13.1 Å². The van der Waals surface area contributed by atoms with E-state index in [0.717, 1.165) is 18.2 Å². The van der Waals surface area contributed by atoms with E-state index in [0.29, 0.717) is 13.1 Å². The van der Waals surface area contributed by atoms with Crippen LogP contribution in [0.2, 0.25) is 0 Å². The van der Waals surface area contributed by atoms with Crippen LogP contribution in [-0.2, 0) is 16.0 Å². The van der Waals surface area contributed by atoms with Gasteiger partial charge >= 0.3 is 0 Å². The summed E-state index contributed by atoms with van der Waals surface area (Å²) in [5.74, 6) is -2.29. The molecule has 3 atom stereocenters. The number of carbonyl (C=O) groups is 2. The maximum Gasteiger partial charge on any atom is 0.239 e. The Kier molecular flexibility index (Phi) is 5.62. The SMILES string of the molecule is CC(=O)N[C@@H](Cc1cc(F)cc(F)c1)[C@H](O)[C@@H]1NCCNC1=O. The normalized spacial score (nSPS) is 20.5. The Morgan fingerprint density at radius 3 is 2.57 bits per heavy atom. The summed E-state index contributed by atoms with van der Waals surface area (Å²) in [6, 6.07) is 1.22. The smallest absolute Gasteiger partial charge is 0.239 e. The number of rotatable bonds is 5. The summed E-state index contributed by atoms with van der Waals surface area (Å²) in [5, 5.41) is 18.4. The lowest BCUT2D eigenvalue weighted by molar-refractivity contribution is -0.129. The van der Waals surface area contributed by atoms with Crippen LogP contribution in [-0.4, -0.2) is 48.2 Å². The number of aliphatic hydroxyl groups is 1. The fraction of sp³-hybridized carbons (Fsp3) is 0.467. The van der Waals surface area contributed by atoms with Gasteiger partial charge in [0.05, 0.1) is 12.1 Å². The first-order valence-corrected chi connectivity index (χ1v) is 7.28. The summed E-state index contributed by atoms with van der Waals surface area (Å²) >= 11 is 0. The van der Waals surface area contributed by atoms with Crippen LogP contribution in [0, 0.1) is 11.6 Å². The van der Waals surface area contributed by atoms with Gasteiger partial charge in [0, 0.05) is 26.1 Å². The van der Waals surface area contributed by atoms with Gasteiger partial charge in [-0.1, -0.05) is 0 Å². The molecule has 8 heteroatoms. The molecule has 4 N–H and O–H groups in total. The molecule has 6 nitrogen and oxygen atoms in total. The van der Waals surface area contributed by atoms with Crippen LogP contribution in [0.15, 0.2) is 18.2 Å². The molecule has 1 saturated heterocycles. The van der Waals surface area contributed by atoms with Crippen molar-refractivity contribution in [1.82, 2.24) is 16.0 Å². The van der Waals surface area contributed by atoms with E-state index in [9.17, 15) is 23.5 Å². The van der Waals surface area contributed by atoms with E-state index in [1.807, 2.05) is 0 Å². The van der Waals surface area contributed by atoms with Gasteiger partial charge in [-0.25, -0.2) is 8.78 Å². The van der Waals surface area contributed by atoms with E-state index in [-0.39, 0.29) is 17.9 Å². The van der Waals surface area contributed by atoms with Crippen molar-refractivity contribution in [2.24, 2.45) is 0 Å². The van der Waals surface area contributed by atoms with Crippen molar-refractivity contribution in [1.29, 1.82) is 0 Å². The minimum absolute atomic E-state index is 0.0130. The highest BCUT2D eigenvalue weighted by Crippen LogP contribution is 2.14. The lowest BCUT2D eigenvalue weighted by Crippen LogP contribution is -2.63. The third kappa shape index (κ3) is 4.70. The summed E-state index contributed by atoms with van der Waals surface area (Å²) in [6.07, 6.45) is -1.26. The van der Waals surface area contributed by atoms with Crippen LogP contribution in [0.3, 0.4) is 0 Å². The molecule has 2 rings (SSSR count). The number of nitrogens with one attached hydrogen (secondary N) is 3. The molecule has 23 heavy (non-hydrogen) atoms. The van der Waals surface area contributed by atoms with Gasteiger partial charge in [-0.15, -0.1) is 0 Å². The quantitative estimate of drug-likeness (QED) is 0.585. The van der Waals surface area contributed by atoms with E-state index in [4.69, 9.17) is 0 Å². The van der Waals surface area contributed by atoms with Gasteiger partial charge in [0.1, 0.15) is 17.7 Å². The van der Waals surface area contributed by atoms with Gasteiger partial charge < -0.3 is 21.1 Å². The fourth-order valence-electron chi connectivity index (χ4n) is 2.63. The number of carbonyl (C=O) groups excluding carboxylic acids is 2. The molecule has 0 saturated carbocycles. The van der Waals surface area contributed by atoms with E-state index in [1.54, 1.807) is 0 Å². The second kappa shape index (κ2) is 7.47. The van der Waals surface area contributed by atoms with Crippen LogP contribution in [0.1, 0.15) is 12.5 Å². The first kappa shape index (κ1) is 17.3. The predicted octanol–water partition coefficient (Wildman–Crippen LogP) is -0.539. The molecular formula is C15H19F2N3O3. The number of aliphatic hydroxyl groups excluding tert-OH is 1. The minimum Gasteiger partial charge on any atom is -0.389 e. The number of halogens is 2. The Bertz CT molecular complexity index is 577. The van der Waals surface area contributed by atoms with Gasteiger partial charge in [0.2, 0.25) is 11.8 Å². The zero-order valence-electron chi connectivity index (χ0n) is 12.6. The summed E-state index contributed by atoms with van der Waals surface area (Å²) in [5.41, 5.74) is 0.275. The lowest BCUT2D eigenvalue weighted by Gasteiger charge is -2.32. The molecule has 0 bridgehead atoms. The van der Waals surface area contributed by atoms with Crippen molar-refractivity contribution in [3.8, 4) is 0 Å². The summed E-state index contributed by atoms with van der Waals surface area (Å²) in [4.78, 5) is 23.2. The summed E-state index contributed by atoms with van der Waals surface area (Å²) < 4.78 is 26.6. The first-order chi connectivity index (χ1) is 10.9. The largest absolute Gasteiger partial charge is 0.389 e. The van der Waals surface area contributed by atoms with Crippen molar-refractivity contribution in [2.45, 2.75) is 31.5 Å². The number of hydrogen-bond acceptors (Lipinski definition) is 4. The Labute approximate surface area is 132 Å². The third-order valence-electron chi connectivity index (χ3n) is 3.59. The first-order valence-electron chi connectivity index (χ1n) is 7.28. The third-order valence-corrected chi connectivity index (χ3v) is 3.59. The molecule has 1 aromatic rings. The average Bonchev–Trinajstić information content (AvgIpc) is 2.45. The zero-order chi connectivity index (χ0) is 17.0. The molecule has 0 aliphatic carbocycles. The minimum atomic E-state index is -1.24. The van der Waals surface area contributed by atoms with Crippen LogP contribution in [0.25, 0.3) is 0 Å². The van der Waals surface area contributed by atoms with E-state index < -0.39 is 35.7 Å². The Morgan fingerprint density at radius 2 is 2.00 bits per heavy atom. The molecule has 1 fully saturated rings. The number of amides is 2. The number of benzene rings is 1. The number of hydrogen-bond donors (Lipinski definition) is 4. The summed E-state index contributed by atoms with van der Waals surface area (Å²) in [7, 11) is 0. The molecule has 1 aromatic carbocycles. The van der Waals surface area contributed by atoms with Crippen molar-refractivity contribution in [3.05, 3.63) is 35.4 Å². The van der Waals surface area contributed by atoms with Gasteiger partial charge in [-0.3, -0.25) is 9.59 Å². The molecule has 0 aromatic heterocycles. The number of piperazine rings is 1. The van der Waals surface area contributed by atoms with Crippen LogP contribution >= 0.6 is 0 Å². The lowest BCUT2D eigenvalue weighted by atomic mass is 9.94. The fourth-order valence-corrected chi connectivity index (χ4v) is 2.63. The Morgan fingerprint density at radius 1 is 1.35 bits per heavy atom. The van der Waals surface area contributed by atoms with Crippen LogP contribution in [0.4, 0.5) is 8.78 Å². The molecule has 1 aliphatic heterocycles. The molecule has 2 amide bonds. The topological polar surface area (TPSA) is 90.5 Å². The molecule has 1 heterocycles. The van der Waals surface area contributed by atoms with E-state index in [1.165, 1.54) is 6.92 Å². The van der Waals surface area contributed by atoms with Gasteiger partial charge in [0.25, 0.3) is 0 Å². The highest BCUT2D eigenvalue weighted by molar-refractivity contribution is 5.83. The van der Waals surface area contributed by atoms with E-state index in [2.05, 4.69) is 16.0 Å². The predicted molar refractivity (Wildman–Crippen MR) is 78.5 cm³/mol. The van der Waals surface area contributed by atoms with Gasteiger partial charge in [-0.05, 0) is 24.1 Å². The zero-order valence-corrected chi connectivity index (χ0v) is 12.6. The molecule has 0 unspecified atom stereocenters. The molecule has 1 aliphatic rings. The highest BCUT2D eigenvalue weighted by Gasteiger charge is 2.34. The average molecular weight is 327 g/mol. The Balaban J connectivity index is 2.18. The standard InChI is InChI=1S/C15H19F2N3O3/c1-8(21)20-12(6-9-4-10(16)7-11(17)5-9)14(22)13-15(23)19-3-2-18-13/h4-5,7,12-14,18,22H,2-3,6H2,1H3,(H,19,23)(H,20,21)/t12-,13-,14-/m0/s1. The molecule has 126 valence electrons. The maximum atomic E-state index is 13.3. The van der Waals surface area contributed by atoms with Crippen molar-refractivity contribution in [3.63, 3.8) is 0 Å². The molecular weight excluding hydrogens is 308 g/mol. The molecule has 0 spiro atoms. The molecule has 0 radical (unpaired) electrons. The van der Waals surface area contributed by atoms with Crippen molar-refractivity contribution >= 4 is 11.8 Å². The highest BCUT2D eigenvalue weighted by atomic mass is 19.1. The second-order valence-electron chi connectivity index (χ2n) is 5.50. The van der Waals surface area contributed by atoms with Crippen molar-refractivity contribution < 1.29 is 23.5 Å². The van der Waals surface area contributed by atoms with Gasteiger partial charge in [0.15, 0.2) is 0 Å². The van der Waals surface area contributed by atoms with Crippen LogP contribution in [0.5, 0.6) is 0 Å².